The number of esters is 2. The molecule has 1 unspecified atom stereocenters. The number of methoxy groups -OCH3 is 2. The minimum Gasteiger partial charge on any atom is -0.466 e. The average Bonchev–Trinajstić information content (AvgIpc) is 2.87. The quantitative estimate of drug-likeness (QED) is 0.593. The van der Waals surface area contributed by atoms with Crippen molar-refractivity contribution in [2.45, 2.75) is 32.7 Å². The molecule has 3 rings (SSSR count). The maximum Gasteiger partial charge on any atom is 0.355 e. The molecule has 2 aromatic carbocycles. The van der Waals surface area contributed by atoms with Crippen LogP contribution in [0, 0.1) is 18.3 Å². The monoisotopic (exact) mass is 488 g/mol. The predicted octanol–water partition coefficient (Wildman–Crippen LogP) is 3.03. The van der Waals surface area contributed by atoms with Crippen LogP contribution in [0.5, 0.6) is 0 Å². The van der Waals surface area contributed by atoms with E-state index in [0.29, 0.717) is 22.4 Å². The summed E-state index contributed by atoms with van der Waals surface area (Å²) in [6, 6.07) is 15.7. The summed E-state index contributed by atoms with van der Waals surface area (Å²) in [6.45, 7) is 5.44. The number of hydrogen-bond donors (Lipinski definition) is 2. The van der Waals surface area contributed by atoms with Gasteiger partial charge in [0.15, 0.2) is 0 Å². The fraction of sp³-hybridized carbons (Fsp3) is 0.259. The summed E-state index contributed by atoms with van der Waals surface area (Å²) in [5.41, 5.74) is 8.30. The minimum absolute atomic E-state index is 0.0399. The van der Waals surface area contributed by atoms with Crippen LogP contribution in [0.4, 0.5) is 5.69 Å². The third-order valence-electron chi connectivity index (χ3n) is 5.73. The molecule has 36 heavy (non-hydrogen) atoms. The molecule has 9 heteroatoms. The molecule has 0 aliphatic carbocycles. The standard InChI is InChI=1S/C27H28N4O5/c1-15(2)30-25(32)18-11-12-20(16(3)13-18)31-23(27(34)36-5)22(26(33)35-4)21(19(14-28)24(31)29)17-9-7-6-8-10-17/h6-13,15,21H,29H2,1-5H3,(H,30,32). The zero-order chi connectivity index (χ0) is 26.6. The normalized spacial score (nSPS) is 15.5. The summed E-state index contributed by atoms with van der Waals surface area (Å²) in [4.78, 5) is 40.1. The number of nitrogens with one attached hydrogen (secondary N) is 1. The second kappa shape index (κ2) is 10.8. The molecule has 0 spiro atoms. The molecule has 3 N–H and O–H groups in total. The number of ether oxygens (including phenoxy) is 2. The number of anilines is 1. The van der Waals surface area contributed by atoms with Gasteiger partial charge in [-0.3, -0.25) is 9.69 Å². The Hall–Kier alpha value is -4.58. The molecule has 0 aromatic heterocycles. The van der Waals surface area contributed by atoms with Crippen molar-refractivity contribution in [1.29, 1.82) is 5.26 Å². The smallest absolute Gasteiger partial charge is 0.355 e. The van der Waals surface area contributed by atoms with Gasteiger partial charge >= 0.3 is 11.9 Å². The third-order valence-corrected chi connectivity index (χ3v) is 5.73. The molecule has 0 saturated heterocycles. The van der Waals surface area contributed by atoms with Gasteiger partial charge in [-0.25, -0.2) is 9.59 Å². The second-order valence-electron chi connectivity index (χ2n) is 8.46. The highest BCUT2D eigenvalue weighted by Gasteiger charge is 2.43. The number of benzene rings is 2. The van der Waals surface area contributed by atoms with Crippen LogP contribution in [0.1, 0.15) is 41.3 Å². The van der Waals surface area contributed by atoms with Crippen molar-refractivity contribution in [3.63, 3.8) is 0 Å². The number of allylic oxidation sites excluding steroid dienone is 1. The van der Waals surface area contributed by atoms with E-state index in [1.807, 2.05) is 13.8 Å². The van der Waals surface area contributed by atoms with E-state index in [4.69, 9.17) is 15.2 Å². The first-order valence-electron chi connectivity index (χ1n) is 11.2. The SMILES string of the molecule is COC(=O)C1=C(C(=O)OC)N(c2ccc(C(=O)NC(C)C)cc2C)C(N)=C(C#N)C1c1ccccc1. The summed E-state index contributed by atoms with van der Waals surface area (Å²) in [7, 11) is 2.38. The molecule has 0 bridgehead atoms. The Balaban J connectivity index is 2.32. The first-order valence-corrected chi connectivity index (χ1v) is 11.2. The summed E-state index contributed by atoms with van der Waals surface area (Å²) in [6.07, 6.45) is 0. The highest BCUT2D eigenvalue weighted by Crippen LogP contribution is 2.43. The molecule has 9 nitrogen and oxygen atoms in total. The van der Waals surface area contributed by atoms with Gasteiger partial charge in [0.2, 0.25) is 0 Å². The molecule has 186 valence electrons. The van der Waals surface area contributed by atoms with Crippen LogP contribution in [0.25, 0.3) is 0 Å². The number of nitrogens with two attached hydrogens (primary N) is 1. The lowest BCUT2D eigenvalue weighted by Crippen LogP contribution is -2.41. The number of nitriles is 1. The van der Waals surface area contributed by atoms with E-state index in [1.165, 1.54) is 19.1 Å². The fourth-order valence-corrected chi connectivity index (χ4v) is 4.16. The maximum absolute atomic E-state index is 13.2. The van der Waals surface area contributed by atoms with Crippen molar-refractivity contribution in [2.24, 2.45) is 5.73 Å². The highest BCUT2D eigenvalue weighted by molar-refractivity contribution is 6.06. The minimum atomic E-state index is -0.953. The summed E-state index contributed by atoms with van der Waals surface area (Å²) < 4.78 is 10.1. The molecule has 1 amide bonds. The number of amides is 1. The van der Waals surface area contributed by atoms with Crippen molar-refractivity contribution >= 4 is 23.5 Å². The maximum atomic E-state index is 13.2. The zero-order valence-electron chi connectivity index (χ0n) is 20.8. The Morgan fingerprint density at radius 3 is 2.22 bits per heavy atom. The fourth-order valence-electron chi connectivity index (χ4n) is 4.16. The summed E-state index contributed by atoms with van der Waals surface area (Å²) >= 11 is 0. The lowest BCUT2D eigenvalue weighted by atomic mass is 9.80. The molecular weight excluding hydrogens is 460 g/mol. The average molecular weight is 489 g/mol. The van der Waals surface area contributed by atoms with Gasteiger partial charge in [-0.15, -0.1) is 0 Å². The topological polar surface area (TPSA) is 135 Å². The highest BCUT2D eigenvalue weighted by atomic mass is 16.5. The number of rotatable bonds is 6. The van der Waals surface area contributed by atoms with E-state index >= 15 is 0 Å². The second-order valence-corrected chi connectivity index (χ2v) is 8.46. The van der Waals surface area contributed by atoms with Crippen molar-refractivity contribution in [3.8, 4) is 6.07 Å². The molecular formula is C27H28N4O5. The Morgan fingerprint density at radius 1 is 1.06 bits per heavy atom. The first kappa shape index (κ1) is 26.0. The van der Waals surface area contributed by atoms with Crippen LogP contribution >= 0.6 is 0 Å². The van der Waals surface area contributed by atoms with Crippen LogP contribution in [0.3, 0.4) is 0 Å². The van der Waals surface area contributed by atoms with Gasteiger partial charge < -0.3 is 20.5 Å². The van der Waals surface area contributed by atoms with Crippen molar-refractivity contribution in [1.82, 2.24) is 5.32 Å². The van der Waals surface area contributed by atoms with Crippen LogP contribution < -0.4 is 16.0 Å². The molecule has 0 radical (unpaired) electrons. The number of hydrogen-bond acceptors (Lipinski definition) is 8. The molecule has 2 aromatic rings. The van der Waals surface area contributed by atoms with E-state index in [9.17, 15) is 19.6 Å². The molecule has 1 heterocycles. The summed E-state index contributed by atoms with van der Waals surface area (Å²) in [5, 5.41) is 12.9. The van der Waals surface area contributed by atoms with Crippen LogP contribution in [-0.4, -0.2) is 38.1 Å². The first-order chi connectivity index (χ1) is 17.2. The summed E-state index contributed by atoms with van der Waals surface area (Å²) in [5.74, 6) is -2.90. The molecule has 1 aliphatic heterocycles. The van der Waals surface area contributed by atoms with E-state index in [-0.39, 0.29) is 34.6 Å². The van der Waals surface area contributed by atoms with Gasteiger partial charge in [0.1, 0.15) is 11.5 Å². The van der Waals surface area contributed by atoms with Crippen LogP contribution in [0.2, 0.25) is 0 Å². The van der Waals surface area contributed by atoms with E-state index in [1.54, 1.807) is 55.5 Å². The third kappa shape index (κ3) is 4.79. The van der Waals surface area contributed by atoms with E-state index < -0.39 is 17.9 Å². The Kier molecular flexibility index (Phi) is 7.80. The van der Waals surface area contributed by atoms with Gasteiger partial charge in [0.05, 0.1) is 43.0 Å². The number of aryl methyl sites for hydroxylation is 1. The van der Waals surface area contributed by atoms with Crippen molar-refractivity contribution in [3.05, 3.63) is 87.9 Å². The van der Waals surface area contributed by atoms with Crippen LogP contribution in [-0.2, 0) is 19.1 Å². The predicted molar refractivity (Wildman–Crippen MR) is 133 cm³/mol. The van der Waals surface area contributed by atoms with Gasteiger partial charge in [0.25, 0.3) is 5.91 Å². The van der Waals surface area contributed by atoms with Crippen LogP contribution in [0.15, 0.2) is 71.2 Å². The lowest BCUT2D eigenvalue weighted by Gasteiger charge is -2.36. The molecule has 0 saturated carbocycles. The number of carbonyl (C=O) groups excluding carboxylic acids is 3. The largest absolute Gasteiger partial charge is 0.466 e. The van der Waals surface area contributed by atoms with Gasteiger partial charge in [-0.05, 0) is 50.1 Å². The Labute approximate surface area is 209 Å². The number of carbonyl (C=O) groups is 3. The zero-order valence-corrected chi connectivity index (χ0v) is 20.8. The van der Waals surface area contributed by atoms with E-state index in [0.717, 1.165) is 0 Å². The Morgan fingerprint density at radius 2 is 1.69 bits per heavy atom. The Bertz CT molecular complexity index is 1310. The van der Waals surface area contributed by atoms with E-state index in [2.05, 4.69) is 11.4 Å². The van der Waals surface area contributed by atoms with Gasteiger partial charge in [-0.2, -0.15) is 5.26 Å². The van der Waals surface area contributed by atoms with Gasteiger partial charge in [0, 0.05) is 11.6 Å². The van der Waals surface area contributed by atoms with Crippen molar-refractivity contribution in [2.75, 3.05) is 19.1 Å². The van der Waals surface area contributed by atoms with Gasteiger partial charge in [-0.1, -0.05) is 30.3 Å². The molecule has 1 atom stereocenters. The number of nitrogens with zero attached hydrogens (tertiary/aromatic N) is 2. The molecule has 0 fully saturated rings. The molecule has 1 aliphatic rings. The van der Waals surface area contributed by atoms with Crippen molar-refractivity contribution < 1.29 is 23.9 Å². The lowest BCUT2D eigenvalue weighted by molar-refractivity contribution is -0.139.